The maximum Gasteiger partial charge on any atom is -0.0360 e. The molecular formula is C10H18. The van der Waals surface area contributed by atoms with E-state index in [1.54, 1.807) is 25.7 Å². The smallest absolute Gasteiger partial charge is 0.0360 e. The third kappa shape index (κ3) is 0.889. The summed E-state index contributed by atoms with van der Waals surface area (Å²) in [5, 5.41) is 0. The first kappa shape index (κ1) is 6.69. The van der Waals surface area contributed by atoms with Crippen molar-refractivity contribution in [2.75, 3.05) is 0 Å². The van der Waals surface area contributed by atoms with Crippen molar-refractivity contribution < 1.29 is 0 Å². The molecule has 2 bridgehead atoms. The number of hydrogen-bond donors (Lipinski definition) is 0. The second kappa shape index (κ2) is 2.25. The molecule has 2 saturated carbocycles. The van der Waals surface area contributed by atoms with Crippen LogP contribution in [0, 0.1) is 23.7 Å². The average Bonchev–Trinajstić information content (AvgIpc) is 2.44. The van der Waals surface area contributed by atoms with Crippen molar-refractivity contribution in [2.45, 2.75) is 39.5 Å². The Bertz CT molecular complexity index is 126. The Balaban J connectivity index is 2.02. The monoisotopic (exact) mass is 138 g/mol. The topological polar surface area (TPSA) is 0 Å². The molecule has 0 spiro atoms. The molecule has 0 radical (unpaired) electrons. The van der Waals surface area contributed by atoms with Gasteiger partial charge in [-0.05, 0) is 42.9 Å². The highest BCUT2D eigenvalue weighted by molar-refractivity contribution is 4.90. The van der Waals surface area contributed by atoms with Crippen LogP contribution >= 0.6 is 0 Å². The van der Waals surface area contributed by atoms with Gasteiger partial charge in [-0.1, -0.05) is 20.3 Å². The van der Waals surface area contributed by atoms with Gasteiger partial charge in [0.2, 0.25) is 0 Å². The van der Waals surface area contributed by atoms with Crippen molar-refractivity contribution in [1.82, 2.24) is 0 Å². The Labute approximate surface area is 64.0 Å². The van der Waals surface area contributed by atoms with Crippen LogP contribution in [0.25, 0.3) is 0 Å². The molecule has 10 heavy (non-hydrogen) atoms. The molecule has 0 aliphatic heterocycles. The van der Waals surface area contributed by atoms with E-state index in [2.05, 4.69) is 13.8 Å². The van der Waals surface area contributed by atoms with Crippen LogP contribution in [0.5, 0.6) is 0 Å². The zero-order valence-corrected chi connectivity index (χ0v) is 7.14. The molecule has 0 aromatic carbocycles. The molecule has 2 rings (SSSR count). The van der Waals surface area contributed by atoms with Gasteiger partial charge in [0.25, 0.3) is 0 Å². The van der Waals surface area contributed by atoms with Crippen molar-refractivity contribution in [1.29, 1.82) is 0 Å². The van der Waals surface area contributed by atoms with Crippen LogP contribution in [0.4, 0.5) is 0 Å². The fourth-order valence-electron chi connectivity index (χ4n) is 3.11. The maximum atomic E-state index is 2.39. The van der Waals surface area contributed by atoms with E-state index in [4.69, 9.17) is 0 Å². The SMILES string of the molecule is CC(C)C1CC2CCC1C2. The summed E-state index contributed by atoms with van der Waals surface area (Å²) in [5.41, 5.74) is 0. The Morgan fingerprint density at radius 3 is 2.20 bits per heavy atom. The van der Waals surface area contributed by atoms with E-state index >= 15 is 0 Å². The second-order valence-electron chi connectivity index (χ2n) is 4.58. The fraction of sp³-hybridized carbons (Fsp3) is 1.00. The Morgan fingerprint density at radius 1 is 1.10 bits per heavy atom. The summed E-state index contributed by atoms with van der Waals surface area (Å²) >= 11 is 0. The Kier molecular flexibility index (Phi) is 1.51. The normalized spacial score (nSPS) is 45.3. The summed E-state index contributed by atoms with van der Waals surface area (Å²) in [6.07, 6.45) is 6.23. The van der Waals surface area contributed by atoms with E-state index in [9.17, 15) is 0 Å². The van der Waals surface area contributed by atoms with Gasteiger partial charge >= 0.3 is 0 Å². The van der Waals surface area contributed by atoms with E-state index < -0.39 is 0 Å². The first-order valence-corrected chi connectivity index (χ1v) is 4.77. The molecule has 0 saturated heterocycles. The molecule has 0 aromatic heterocycles. The van der Waals surface area contributed by atoms with Crippen LogP contribution in [-0.2, 0) is 0 Å². The van der Waals surface area contributed by atoms with Gasteiger partial charge in [-0.2, -0.15) is 0 Å². The summed E-state index contributed by atoms with van der Waals surface area (Å²) in [6.45, 7) is 4.79. The molecule has 0 N–H and O–H groups in total. The zero-order valence-electron chi connectivity index (χ0n) is 7.14. The summed E-state index contributed by atoms with van der Waals surface area (Å²) in [7, 11) is 0. The summed E-state index contributed by atoms with van der Waals surface area (Å²) in [4.78, 5) is 0. The van der Waals surface area contributed by atoms with Gasteiger partial charge < -0.3 is 0 Å². The predicted molar refractivity (Wildman–Crippen MR) is 43.8 cm³/mol. The third-order valence-corrected chi connectivity index (χ3v) is 3.65. The molecule has 3 unspecified atom stereocenters. The van der Waals surface area contributed by atoms with Gasteiger partial charge in [-0.3, -0.25) is 0 Å². The van der Waals surface area contributed by atoms with Gasteiger partial charge in [-0.15, -0.1) is 0 Å². The third-order valence-electron chi connectivity index (χ3n) is 3.65. The molecule has 2 aliphatic carbocycles. The van der Waals surface area contributed by atoms with E-state index in [1.165, 1.54) is 0 Å². The van der Waals surface area contributed by atoms with Crippen LogP contribution < -0.4 is 0 Å². The van der Waals surface area contributed by atoms with Gasteiger partial charge in [0.05, 0.1) is 0 Å². The lowest BCUT2D eigenvalue weighted by Gasteiger charge is -2.24. The summed E-state index contributed by atoms with van der Waals surface area (Å²) in [6, 6.07) is 0. The summed E-state index contributed by atoms with van der Waals surface area (Å²) in [5.74, 6) is 4.32. The standard InChI is InChI=1S/C10H18/c1-7(2)10-6-8-3-4-9(10)5-8/h7-10H,3-6H2,1-2H3. The minimum atomic E-state index is 0.954. The van der Waals surface area contributed by atoms with Crippen LogP contribution in [-0.4, -0.2) is 0 Å². The van der Waals surface area contributed by atoms with Crippen LogP contribution in [0.1, 0.15) is 39.5 Å². The molecule has 0 heteroatoms. The van der Waals surface area contributed by atoms with Crippen LogP contribution in [0.15, 0.2) is 0 Å². The lowest BCUT2D eigenvalue weighted by molar-refractivity contribution is 0.256. The number of fused-ring (bicyclic) bond motifs is 2. The van der Waals surface area contributed by atoms with E-state index in [-0.39, 0.29) is 0 Å². The number of rotatable bonds is 1. The zero-order chi connectivity index (χ0) is 7.14. The molecule has 3 atom stereocenters. The first-order chi connectivity index (χ1) is 4.77. The van der Waals surface area contributed by atoms with Crippen LogP contribution in [0.2, 0.25) is 0 Å². The lowest BCUT2D eigenvalue weighted by Crippen LogP contribution is -2.15. The van der Waals surface area contributed by atoms with E-state index in [0.717, 1.165) is 23.7 Å². The Hall–Kier alpha value is 0. The fourth-order valence-corrected chi connectivity index (χ4v) is 3.11. The highest BCUT2D eigenvalue weighted by Gasteiger charge is 2.40. The van der Waals surface area contributed by atoms with Crippen molar-refractivity contribution in [2.24, 2.45) is 23.7 Å². The Morgan fingerprint density at radius 2 is 1.90 bits per heavy atom. The first-order valence-electron chi connectivity index (χ1n) is 4.77. The molecule has 58 valence electrons. The van der Waals surface area contributed by atoms with Gasteiger partial charge in [0.15, 0.2) is 0 Å². The van der Waals surface area contributed by atoms with Crippen molar-refractivity contribution in [3.05, 3.63) is 0 Å². The number of hydrogen-bond acceptors (Lipinski definition) is 0. The van der Waals surface area contributed by atoms with Gasteiger partial charge in [-0.25, -0.2) is 0 Å². The largest absolute Gasteiger partial charge is 0.0625 e. The minimum absolute atomic E-state index is 0.954. The van der Waals surface area contributed by atoms with Gasteiger partial charge in [0, 0.05) is 0 Å². The summed E-state index contributed by atoms with van der Waals surface area (Å²) < 4.78 is 0. The minimum Gasteiger partial charge on any atom is -0.0625 e. The predicted octanol–water partition coefficient (Wildman–Crippen LogP) is 3.08. The molecule has 0 heterocycles. The van der Waals surface area contributed by atoms with Crippen molar-refractivity contribution in [3.8, 4) is 0 Å². The van der Waals surface area contributed by atoms with Crippen molar-refractivity contribution in [3.63, 3.8) is 0 Å². The highest BCUT2D eigenvalue weighted by atomic mass is 14.5. The van der Waals surface area contributed by atoms with Gasteiger partial charge in [0.1, 0.15) is 0 Å². The van der Waals surface area contributed by atoms with Crippen LogP contribution in [0.3, 0.4) is 0 Å². The molecule has 0 amide bonds. The van der Waals surface area contributed by atoms with E-state index in [0.29, 0.717) is 0 Å². The van der Waals surface area contributed by atoms with E-state index in [1.807, 2.05) is 0 Å². The maximum absolute atomic E-state index is 2.39. The molecule has 2 aliphatic rings. The second-order valence-corrected chi connectivity index (χ2v) is 4.58. The average molecular weight is 138 g/mol. The quantitative estimate of drug-likeness (QED) is 0.522. The molecule has 2 fully saturated rings. The highest BCUT2D eigenvalue weighted by Crippen LogP contribution is 2.50. The lowest BCUT2D eigenvalue weighted by atomic mass is 9.81. The van der Waals surface area contributed by atoms with Crippen molar-refractivity contribution >= 4 is 0 Å². The molecular weight excluding hydrogens is 120 g/mol. The molecule has 0 nitrogen and oxygen atoms in total. The molecule has 0 aromatic rings.